The second-order valence-corrected chi connectivity index (χ2v) is 8.82. The van der Waals surface area contributed by atoms with Gasteiger partial charge in [-0.05, 0) is 36.4 Å². The van der Waals surface area contributed by atoms with Gasteiger partial charge < -0.3 is 9.47 Å². The summed E-state index contributed by atoms with van der Waals surface area (Å²) in [5.41, 5.74) is 0. The van der Waals surface area contributed by atoms with Crippen molar-refractivity contribution in [3.63, 3.8) is 0 Å². The molecule has 0 radical (unpaired) electrons. The summed E-state index contributed by atoms with van der Waals surface area (Å²) in [7, 11) is -3.55. The summed E-state index contributed by atoms with van der Waals surface area (Å²) >= 11 is 1.61. The minimum atomic E-state index is -3.55. The van der Waals surface area contributed by atoms with Gasteiger partial charge in [-0.25, -0.2) is 8.42 Å². The Bertz CT molecular complexity index is 817. The van der Waals surface area contributed by atoms with Crippen molar-refractivity contribution >= 4 is 21.4 Å². The van der Waals surface area contributed by atoms with Gasteiger partial charge in [0.15, 0.2) is 11.5 Å². The van der Waals surface area contributed by atoms with Crippen LogP contribution in [0.2, 0.25) is 0 Å². The molecule has 128 valence electrons. The molecule has 2 aliphatic rings. The van der Waals surface area contributed by atoms with E-state index in [0.717, 1.165) is 24.1 Å². The third kappa shape index (κ3) is 2.81. The van der Waals surface area contributed by atoms with Crippen molar-refractivity contribution in [3.05, 3.63) is 40.6 Å². The molecule has 0 aliphatic carbocycles. The number of hydrogen-bond donors (Lipinski definition) is 0. The van der Waals surface area contributed by atoms with Crippen LogP contribution >= 0.6 is 11.3 Å². The maximum Gasteiger partial charge on any atom is 0.243 e. The molecule has 1 saturated heterocycles. The van der Waals surface area contributed by atoms with E-state index in [2.05, 4.69) is 0 Å². The van der Waals surface area contributed by atoms with Crippen LogP contribution in [-0.4, -0.2) is 32.5 Å². The summed E-state index contributed by atoms with van der Waals surface area (Å²) in [5, 5.41) is 1.99. The third-order valence-electron chi connectivity index (χ3n) is 4.40. The van der Waals surface area contributed by atoms with E-state index < -0.39 is 10.0 Å². The fourth-order valence-corrected chi connectivity index (χ4v) is 5.86. The smallest absolute Gasteiger partial charge is 0.243 e. The predicted octanol–water partition coefficient (Wildman–Crippen LogP) is 3.44. The zero-order valence-electron chi connectivity index (χ0n) is 13.2. The van der Waals surface area contributed by atoms with Gasteiger partial charge in [0.1, 0.15) is 0 Å². The normalized spacial score (nSPS) is 21.6. The standard InChI is InChI=1S/C17H19NO4S2/c19-24(20,18-8-1-4-14(18)17-5-2-11-23-17)13-6-7-15-16(12-13)22-10-3-9-21-15/h2,5-7,11-12,14H,1,3-4,8-10H2. The van der Waals surface area contributed by atoms with E-state index in [1.54, 1.807) is 33.8 Å². The molecular weight excluding hydrogens is 346 g/mol. The molecule has 2 aromatic rings. The summed E-state index contributed by atoms with van der Waals surface area (Å²) in [5.74, 6) is 1.13. The maximum atomic E-state index is 13.1. The number of nitrogens with zero attached hydrogens (tertiary/aromatic N) is 1. The number of thiophene rings is 1. The van der Waals surface area contributed by atoms with Gasteiger partial charge in [0, 0.05) is 23.9 Å². The Kier molecular flexibility index (Phi) is 4.24. The van der Waals surface area contributed by atoms with Crippen molar-refractivity contribution in [3.8, 4) is 11.5 Å². The zero-order chi connectivity index (χ0) is 16.6. The van der Waals surface area contributed by atoms with Crippen molar-refractivity contribution in [1.29, 1.82) is 0 Å². The van der Waals surface area contributed by atoms with Crippen molar-refractivity contribution < 1.29 is 17.9 Å². The molecule has 0 bridgehead atoms. The predicted molar refractivity (Wildman–Crippen MR) is 92.2 cm³/mol. The van der Waals surface area contributed by atoms with Crippen LogP contribution in [0.4, 0.5) is 0 Å². The molecule has 0 spiro atoms. The summed E-state index contributed by atoms with van der Waals surface area (Å²) in [6.45, 7) is 1.68. The number of fused-ring (bicyclic) bond motifs is 1. The van der Waals surface area contributed by atoms with E-state index in [1.807, 2.05) is 17.5 Å². The third-order valence-corrected chi connectivity index (χ3v) is 7.28. The molecule has 2 aliphatic heterocycles. The molecule has 3 heterocycles. The van der Waals surface area contributed by atoms with Gasteiger partial charge in [-0.1, -0.05) is 6.07 Å². The van der Waals surface area contributed by atoms with Gasteiger partial charge in [-0.2, -0.15) is 4.31 Å². The van der Waals surface area contributed by atoms with Crippen LogP contribution in [0.15, 0.2) is 40.6 Å². The average Bonchev–Trinajstić information content (AvgIpc) is 3.21. The quantitative estimate of drug-likeness (QED) is 0.836. The molecule has 0 N–H and O–H groups in total. The Morgan fingerprint density at radius 2 is 1.92 bits per heavy atom. The first kappa shape index (κ1) is 15.9. The van der Waals surface area contributed by atoms with Crippen LogP contribution in [0.5, 0.6) is 11.5 Å². The molecule has 1 atom stereocenters. The summed E-state index contributed by atoms with van der Waals surface area (Å²) in [6, 6.07) is 8.83. The fraction of sp³-hybridized carbons (Fsp3) is 0.412. The van der Waals surface area contributed by atoms with E-state index in [-0.39, 0.29) is 10.9 Å². The fourth-order valence-electron chi connectivity index (χ4n) is 3.23. The molecule has 0 amide bonds. The van der Waals surface area contributed by atoms with Crippen LogP contribution in [0.3, 0.4) is 0 Å². The summed E-state index contributed by atoms with van der Waals surface area (Å²) in [6.07, 6.45) is 2.54. The Hall–Kier alpha value is -1.57. The lowest BCUT2D eigenvalue weighted by molar-refractivity contribution is 0.296. The molecule has 1 aromatic heterocycles. The van der Waals surface area contributed by atoms with Crippen LogP contribution in [0.1, 0.15) is 30.2 Å². The second-order valence-electron chi connectivity index (χ2n) is 5.95. The average molecular weight is 365 g/mol. The van der Waals surface area contributed by atoms with Crippen molar-refractivity contribution in [2.45, 2.75) is 30.2 Å². The largest absolute Gasteiger partial charge is 0.490 e. The monoisotopic (exact) mass is 365 g/mol. The Labute approximate surface area is 145 Å². The van der Waals surface area contributed by atoms with Gasteiger partial charge in [0.05, 0.1) is 24.2 Å². The molecule has 24 heavy (non-hydrogen) atoms. The van der Waals surface area contributed by atoms with E-state index in [9.17, 15) is 8.42 Å². The first-order valence-corrected chi connectivity index (χ1v) is 10.4. The second kappa shape index (κ2) is 6.38. The first-order valence-electron chi connectivity index (χ1n) is 8.11. The van der Waals surface area contributed by atoms with Gasteiger partial charge in [-0.15, -0.1) is 11.3 Å². The van der Waals surface area contributed by atoms with E-state index in [1.165, 1.54) is 0 Å². The molecule has 4 rings (SSSR count). The van der Waals surface area contributed by atoms with Gasteiger partial charge in [-0.3, -0.25) is 0 Å². The van der Waals surface area contributed by atoms with Crippen molar-refractivity contribution in [2.75, 3.05) is 19.8 Å². The number of rotatable bonds is 3. The highest BCUT2D eigenvalue weighted by molar-refractivity contribution is 7.89. The molecule has 1 unspecified atom stereocenters. The highest BCUT2D eigenvalue weighted by Gasteiger charge is 2.37. The molecular formula is C17H19NO4S2. The topological polar surface area (TPSA) is 55.8 Å². The summed E-state index contributed by atoms with van der Waals surface area (Å²) < 4.78 is 39.1. The Morgan fingerprint density at radius 1 is 1.08 bits per heavy atom. The minimum absolute atomic E-state index is 0.0639. The first-order chi connectivity index (χ1) is 11.7. The van der Waals surface area contributed by atoms with Gasteiger partial charge in [0.2, 0.25) is 10.0 Å². The van der Waals surface area contributed by atoms with E-state index in [0.29, 0.717) is 31.3 Å². The maximum absolute atomic E-state index is 13.1. The molecule has 0 saturated carbocycles. The minimum Gasteiger partial charge on any atom is -0.490 e. The Morgan fingerprint density at radius 3 is 2.71 bits per heavy atom. The lowest BCUT2D eigenvalue weighted by Gasteiger charge is -2.23. The SMILES string of the molecule is O=S(=O)(c1ccc2c(c1)OCCCO2)N1CCCC1c1cccs1. The van der Waals surface area contributed by atoms with Crippen LogP contribution < -0.4 is 9.47 Å². The lowest BCUT2D eigenvalue weighted by Crippen LogP contribution is -2.30. The highest BCUT2D eigenvalue weighted by atomic mass is 32.2. The van der Waals surface area contributed by atoms with Crippen molar-refractivity contribution in [1.82, 2.24) is 4.31 Å². The lowest BCUT2D eigenvalue weighted by atomic mass is 10.2. The molecule has 1 fully saturated rings. The van der Waals surface area contributed by atoms with Crippen LogP contribution in [0.25, 0.3) is 0 Å². The van der Waals surface area contributed by atoms with E-state index in [4.69, 9.17) is 9.47 Å². The number of benzene rings is 1. The van der Waals surface area contributed by atoms with Crippen LogP contribution in [0, 0.1) is 0 Å². The van der Waals surface area contributed by atoms with Gasteiger partial charge >= 0.3 is 0 Å². The number of ether oxygens (including phenoxy) is 2. The molecule has 1 aromatic carbocycles. The zero-order valence-corrected chi connectivity index (χ0v) is 14.8. The molecule has 7 heteroatoms. The van der Waals surface area contributed by atoms with Crippen molar-refractivity contribution in [2.24, 2.45) is 0 Å². The number of hydrogen-bond acceptors (Lipinski definition) is 5. The Balaban J connectivity index is 1.68. The van der Waals surface area contributed by atoms with Crippen LogP contribution in [-0.2, 0) is 10.0 Å². The highest BCUT2D eigenvalue weighted by Crippen LogP contribution is 2.40. The molecule has 5 nitrogen and oxygen atoms in total. The van der Waals surface area contributed by atoms with Gasteiger partial charge in [0.25, 0.3) is 0 Å². The summed E-state index contributed by atoms with van der Waals surface area (Å²) in [4.78, 5) is 1.38. The van der Waals surface area contributed by atoms with E-state index >= 15 is 0 Å². The number of sulfonamides is 1.